The SMILES string of the molecule is CCNC(=O)COc1c(C(C)NC)ccc2ccccc12. The van der Waals surface area contributed by atoms with Crippen LogP contribution in [0.4, 0.5) is 0 Å². The molecule has 21 heavy (non-hydrogen) atoms. The lowest BCUT2D eigenvalue weighted by atomic mass is 10.0. The first-order valence-electron chi connectivity index (χ1n) is 7.25. The van der Waals surface area contributed by atoms with Crippen LogP contribution in [0.1, 0.15) is 25.5 Å². The Labute approximate surface area is 125 Å². The Morgan fingerprint density at radius 3 is 2.71 bits per heavy atom. The van der Waals surface area contributed by atoms with Gasteiger partial charge in [-0.05, 0) is 26.3 Å². The number of nitrogens with one attached hydrogen (secondary N) is 2. The van der Waals surface area contributed by atoms with Crippen molar-refractivity contribution in [2.75, 3.05) is 20.2 Å². The fourth-order valence-electron chi connectivity index (χ4n) is 2.30. The quantitative estimate of drug-likeness (QED) is 0.858. The number of rotatable bonds is 6. The molecule has 2 N–H and O–H groups in total. The second-order valence-electron chi connectivity index (χ2n) is 4.96. The Kier molecular flexibility index (Phi) is 5.17. The molecule has 0 spiro atoms. The number of carbonyl (C=O) groups is 1. The number of likely N-dealkylation sites (N-methyl/N-ethyl adjacent to an activating group) is 1. The zero-order valence-electron chi connectivity index (χ0n) is 12.8. The minimum Gasteiger partial charge on any atom is -0.483 e. The highest BCUT2D eigenvalue weighted by Gasteiger charge is 2.14. The Bertz CT molecular complexity index is 625. The van der Waals surface area contributed by atoms with Crippen molar-refractivity contribution in [3.8, 4) is 5.75 Å². The van der Waals surface area contributed by atoms with Gasteiger partial charge >= 0.3 is 0 Å². The zero-order valence-corrected chi connectivity index (χ0v) is 12.8. The lowest BCUT2D eigenvalue weighted by molar-refractivity contribution is -0.122. The van der Waals surface area contributed by atoms with E-state index in [9.17, 15) is 4.79 Å². The molecule has 1 unspecified atom stereocenters. The molecular weight excluding hydrogens is 264 g/mol. The molecule has 1 atom stereocenters. The van der Waals surface area contributed by atoms with Crippen molar-refractivity contribution in [3.63, 3.8) is 0 Å². The first-order valence-corrected chi connectivity index (χ1v) is 7.25. The average Bonchev–Trinajstić information content (AvgIpc) is 2.52. The summed E-state index contributed by atoms with van der Waals surface area (Å²) in [5, 5.41) is 8.10. The van der Waals surface area contributed by atoms with Gasteiger partial charge in [0.15, 0.2) is 6.61 Å². The molecule has 0 aliphatic carbocycles. The van der Waals surface area contributed by atoms with E-state index in [0.29, 0.717) is 6.54 Å². The third-order valence-electron chi connectivity index (χ3n) is 3.53. The average molecular weight is 286 g/mol. The molecular formula is C17H22N2O2. The van der Waals surface area contributed by atoms with Gasteiger partial charge in [0.1, 0.15) is 5.75 Å². The van der Waals surface area contributed by atoms with Crippen LogP contribution < -0.4 is 15.4 Å². The summed E-state index contributed by atoms with van der Waals surface area (Å²) in [6, 6.07) is 12.3. The Morgan fingerprint density at radius 1 is 1.24 bits per heavy atom. The summed E-state index contributed by atoms with van der Waals surface area (Å²) in [4.78, 5) is 11.7. The molecule has 0 bridgehead atoms. The molecule has 0 fully saturated rings. The van der Waals surface area contributed by atoms with Crippen LogP contribution in [0.25, 0.3) is 10.8 Å². The third kappa shape index (κ3) is 3.52. The monoisotopic (exact) mass is 286 g/mol. The summed E-state index contributed by atoms with van der Waals surface area (Å²) in [6.07, 6.45) is 0. The third-order valence-corrected chi connectivity index (χ3v) is 3.53. The van der Waals surface area contributed by atoms with Gasteiger partial charge in [-0.3, -0.25) is 4.79 Å². The largest absolute Gasteiger partial charge is 0.483 e. The van der Waals surface area contributed by atoms with Gasteiger partial charge in [-0.25, -0.2) is 0 Å². The van der Waals surface area contributed by atoms with Gasteiger partial charge in [0.2, 0.25) is 0 Å². The van der Waals surface area contributed by atoms with Crippen LogP contribution in [-0.2, 0) is 4.79 Å². The number of hydrogen-bond acceptors (Lipinski definition) is 3. The maximum atomic E-state index is 11.7. The van der Waals surface area contributed by atoms with E-state index in [1.165, 1.54) is 0 Å². The van der Waals surface area contributed by atoms with Crippen molar-refractivity contribution in [3.05, 3.63) is 42.0 Å². The lowest BCUT2D eigenvalue weighted by Gasteiger charge is -2.18. The number of carbonyl (C=O) groups excluding carboxylic acids is 1. The van der Waals surface area contributed by atoms with E-state index in [4.69, 9.17) is 4.74 Å². The van der Waals surface area contributed by atoms with Crippen LogP contribution in [0.5, 0.6) is 5.75 Å². The summed E-state index contributed by atoms with van der Waals surface area (Å²) < 4.78 is 5.84. The molecule has 4 nitrogen and oxygen atoms in total. The number of amides is 1. The standard InChI is InChI=1S/C17H22N2O2/c1-4-19-16(20)11-21-17-14(12(2)18-3)10-9-13-7-5-6-8-15(13)17/h5-10,12,18H,4,11H2,1-3H3,(H,19,20). The van der Waals surface area contributed by atoms with Crippen LogP contribution in [0, 0.1) is 0 Å². The van der Waals surface area contributed by atoms with Crippen LogP contribution in [0.15, 0.2) is 36.4 Å². The van der Waals surface area contributed by atoms with E-state index in [1.807, 2.05) is 38.2 Å². The van der Waals surface area contributed by atoms with E-state index < -0.39 is 0 Å². The van der Waals surface area contributed by atoms with Gasteiger partial charge in [0.05, 0.1) is 0 Å². The molecule has 0 heterocycles. The minimum absolute atomic E-state index is 0.0330. The number of fused-ring (bicyclic) bond motifs is 1. The van der Waals surface area contributed by atoms with Crippen molar-refractivity contribution >= 4 is 16.7 Å². The summed E-state index contributed by atoms with van der Waals surface area (Å²) in [5.74, 6) is 0.676. The van der Waals surface area contributed by atoms with Gasteiger partial charge in [-0.1, -0.05) is 36.4 Å². The molecule has 0 saturated heterocycles. The summed E-state index contributed by atoms with van der Waals surface area (Å²) in [6.45, 7) is 4.61. The predicted octanol–water partition coefficient (Wildman–Crippen LogP) is 2.64. The molecule has 2 aromatic rings. The van der Waals surface area contributed by atoms with Gasteiger partial charge in [0, 0.05) is 23.5 Å². The van der Waals surface area contributed by atoms with E-state index in [2.05, 4.69) is 29.7 Å². The second-order valence-corrected chi connectivity index (χ2v) is 4.96. The normalized spacial score (nSPS) is 12.1. The summed E-state index contributed by atoms with van der Waals surface area (Å²) >= 11 is 0. The summed E-state index contributed by atoms with van der Waals surface area (Å²) in [5.41, 5.74) is 1.06. The number of ether oxygens (including phenoxy) is 1. The molecule has 1 amide bonds. The maximum absolute atomic E-state index is 11.7. The van der Waals surface area contributed by atoms with E-state index in [0.717, 1.165) is 22.1 Å². The molecule has 2 aromatic carbocycles. The fraction of sp³-hybridized carbons (Fsp3) is 0.353. The minimum atomic E-state index is -0.103. The van der Waals surface area contributed by atoms with Crippen LogP contribution in [-0.4, -0.2) is 26.1 Å². The first-order chi connectivity index (χ1) is 10.2. The zero-order chi connectivity index (χ0) is 15.2. The smallest absolute Gasteiger partial charge is 0.257 e. The van der Waals surface area contributed by atoms with E-state index >= 15 is 0 Å². The Hall–Kier alpha value is -2.07. The van der Waals surface area contributed by atoms with E-state index in [-0.39, 0.29) is 18.6 Å². The Balaban J connectivity index is 2.38. The van der Waals surface area contributed by atoms with Crippen LogP contribution >= 0.6 is 0 Å². The highest BCUT2D eigenvalue weighted by atomic mass is 16.5. The maximum Gasteiger partial charge on any atom is 0.257 e. The van der Waals surface area contributed by atoms with Gasteiger partial charge < -0.3 is 15.4 Å². The first kappa shape index (κ1) is 15.3. The topological polar surface area (TPSA) is 50.4 Å². The molecule has 0 saturated carbocycles. The van der Waals surface area contributed by atoms with Crippen molar-refractivity contribution in [1.29, 1.82) is 0 Å². The van der Waals surface area contributed by atoms with Crippen LogP contribution in [0.2, 0.25) is 0 Å². The fourth-order valence-corrected chi connectivity index (χ4v) is 2.30. The lowest BCUT2D eigenvalue weighted by Crippen LogP contribution is -2.28. The van der Waals surface area contributed by atoms with E-state index in [1.54, 1.807) is 0 Å². The highest BCUT2D eigenvalue weighted by molar-refractivity contribution is 5.90. The predicted molar refractivity (Wildman–Crippen MR) is 85.6 cm³/mol. The van der Waals surface area contributed by atoms with Crippen molar-refractivity contribution in [2.45, 2.75) is 19.9 Å². The molecule has 0 radical (unpaired) electrons. The molecule has 0 aliphatic rings. The molecule has 0 aromatic heterocycles. The second kappa shape index (κ2) is 7.09. The number of benzene rings is 2. The van der Waals surface area contributed by atoms with Crippen molar-refractivity contribution < 1.29 is 9.53 Å². The van der Waals surface area contributed by atoms with Gasteiger partial charge in [-0.15, -0.1) is 0 Å². The van der Waals surface area contributed by atoms with Crippen molar-refractivity contribution in [1.82, 2.24) is 10.6 Å². The molecule has 4 heteroatoms. The molecule has 0 aliphatic heterocycles. The molecule has 2 rings (SSSR count). The van der Waals surface area contributed by atoms with Gasteiger partial charge in [0.25, 0.3) is 5.91 Å². The molecule has 112 valence electrons. The van der Waals surface area contributed by atoms with Gasteiger partial charge in [-0.2, -0.15) is 0 Å². The number of hydrogen-bond donors (Lipinski definition) is 2. The van der Waals surface area contributed by atoms with Crippen molar-refractivity contribution in [2.24, 2.45) is 0 Å². The van der Waals surface area contributed by atoms with Crippen LogP contribution in [0.3, 0.4) is 0 Å². The highest BCUT2D eigenvalue weighted by Crippen LogP contribution is 2.33. The Morgan fingerprint density at radius 2 is 2.00 bits per heavy atom. The summed E-state index contributed by atoms with van der Waals surface area (Å²) in [7, 11) is 1.91.